The highest BCUT2D eigenvalue weighted by Crippen LogP contribution is 2.27. The van der Waals surface area contributed by atoms with Gasteiger partial charge in [0.2, 0.25) is 0 Å². The number of methoxy groups -OCH3 is 1. The number of carbonyl (C=O) groups is 1. The van der Waals surface area contributed by atoms with E-state index in [1.54, 1.807) is 7.11 Å². The van der Waals surface area contributed by atoms with Gasteiger partial charge in [-0.25, -0.2) is 4.98 Å². The lowest BCUT2D eigenvalue weighted by Crippen LogP contribution is -2.05. The minimum atomic E-state index is -0.194. The number of H-pyrrole nitrogens is 1. The number of thiazole rings is 1. The molecule has 2 aromatic heterocycles. The zero-order valence-corrected chi connectivity index (χ0v) is 17.0. The van der Waals surface area contributed by atoms with Gasteiger partial charge in [-0.1, -0.05) is 30.3 Å². The van der Waals surface area contributed by atoms with Crippen LogP contribution in [0.2, 0.25) is 0 Å². The zero-order chi connectivity index (χ0) is 20.1. The minimum absolute atomic E-state index is 0.194. The topological polar surface area (TPSA) is 64.2 Å². The monoisotopic (exact) mass is 406 g/mol. The molecule has 0 aliphatic rings. The highest BCUT2D eigenvalue weighted by Gasteiger charge is 2.10. The van der Waals surface area contributed by atoms with Gasteiger partial charge in [0.25, 0.3) is 0 Å². The number of aryl methyl sites for hydroxylation is 1. The number of hydrogen-bond donors (Lipinski definition) is 1. The average Bonchev–Trinajstić information content (AvgIpc) is 3.40. The second kappa shape index (κ2) is 8.92. The predicted octanol–water partition coefficient (Wildman–Crippen LogP) is 5.37. The molecule has 0 aliphatic carbocycles. The molecule has 1 N–H and O–H groups in total. The highest BCUT2D eigenvalue weighted by molar-refractivity contribution is 7.13. The van der Waals surface area contributed by atoms with Crippen molar-refractivity contribution in [2.75, 3.05) is 7.11 Å². The SMILES string of the molecule is COc1cccc(-c2nc(COC(=O)CCCc3c[nH]c4ccccc34)cs2)c1. The molecule has 29 heavy (non-hydrogen) atoms. The molecule has 0 amide bonds. The molecule has 4 aromatic rings. The Balaban J connectivity index is 1.26. The van der Waals surface area contributed by atoms with Crippen LogP contribution >= 0.6 is 11.3 Å². The van der Waals surface area contributed by atoms with E-state index in [1.165, 1.54) is 22.3 Å². The number of para-hydroxylation sites is 1. The predicted molar refractivity (Wildman–Crippen MR) is 115 cm³/mol. The molecular formula is C23H22N2O3S. The van der Waals surface area contributed by atoms with Crippen molar-refractivity contribution in [2.24, 2.45) is 0 Å². The maximum Gasteiger partial charge on any atom is 0.306 e. The van der Waals surface area contributed by atoms with Gasteiger partial charge in [0.15, 0.2) is 0 Å². The van der Waals surface area contributed by atoms with Crippen LogP contribution in [0.25, 0.3) is 21.5 Å². The standard InChI is InChI=1S/C23H22N2O3S/c1-27-19-8-4-6-16(12-19)23-25-18(15-29-23)14-28-22(26)11-5-7-17-13-24-21-10-3-2-9-20(17)21/h2-4,6,8-10,12-13,15,24H,5,7,11,14H2,1H3. The van der Waals surface area contributed by atoms with Crippen molar-refractivity contribution in [3.63, 3.8) is 0 Å². The van der Waals surface area contributed by atoms with E-state index in [-0.39, 0.29) is 12.6 Å². The fourth-order valence-electron chi connectivity index (χ4n) is 3.25. The van der Waals surface area contributed by atoms with Crippen molar-refractivity contribution in [3.05, 3.63) is 71.4 Å². The molecule has 2 aromatic carbocycles. The Bertz CT molecular complexity index is 1120. The molecule has 0 saturated carbocycles. The van der Waals surface area contributed by atoms with Crippen LogP contribution in [0.4, 0.5) is 0 Å². The summed E-state index contributed by atoms with van der Waals surface area (Å²) in [5.74, 6) is 0.599. The Morgan fingerprint density at radius 3 is 2.97 bits per heavy atom. The Labute approximate surface area is 173 Å². The molecule has 5 nitrogen and oxygen atoms in total. The Hall–Kier alpha value is -3.12. The number of nitrogens with zero attached hydrogens (tertiary/aromatic N) is 1. The zero-order valence-electron chi connectivity index (χ0n) is 16.2. The number of aromatic amines is 1. The van der Waals surface area contributed by atoms with Gasteiger partial charge >= 0.3 is 5.97 Å². The van der Waals surface area contributed by atoms with Crippen LogP contribution in [0.15, 0.2) is 60.1 Å². The van der Waals surface area contributed by atoms with E-state index in [0.29, 0.717) is 6.42 Å². The third-order valence-corrected chi connectivity index (χ3v) is 5.69. The molecule has 0 aliphatic heterocycles. The van der Waals surface area contributed by atoms with E-state index in [2.05, 4.69) is 22.1 Å². The first-order valence-electron chi connectivity index (χ1n) is 9.52. The van der Waals surface area contributed by atoms with Gasteiger partial charge in [-0.2, -0.15) is 0 Å². The maximum atomic E-state index is 12.1. The molecular weight excluding hydrogens is 384 g/mol. The second-order valence-corrected chi connectivity index (χ2v) is 7.61. The van der Waals surface area contributed by atoms with Crippen LogP contribution < -0.4 is 4.74 Å². The van der Waals surface area contributed by atoms with Crippen molar-refractivity contribution in [3.8, 4) is 16.3 Å². The van der Waals surface area contributed by atoms with Gasteiger partial charge in [-0.15, -0.1) is 11.3 Å². The van der Waals surface area contributed by atoms with Crippen molar-refractivity contribution in [1.82, 2.24) is 9.97 Å². The summed E-state index contributed by atoms with van der Waals surface area (Å²) in [6.45, 7) is 0.201. The number of nitrogens with one attached hydrogen (secondary N) is 1. The van der Waals surface area contributed by atoms with Crippen LogP contribution in [-0.4, -0.2) is 23.0 Å². The molecule has 0 atom stereocenters. The molecule has 0 radical (unpaired) electrons. The summed E-state index contributed by atoms with van der Waals surface area (Å²) in [7, 11) is 1.64. The average molecular weight is 407 g/mol. The fraction of sp³-hybridized carbons (Fsp3) is 0.217. The van der Waals surface area contributed by atoms with Gasteiger partial charge in [-0.3, -0.25) is 4.79 Å². The van der Waals surface area contributed by atoms with Crippen LogP contribution in [0.3, 0.4) is 0 Å². The summed E-state index contributed by atoms with van der Waals surface area (Å²) in [6.07, 6.45) is 4.01. The Kier molecular flexibility index (Phi) is 5.91. The molecule has 0 bridgehead atoms. The van der Waals surface area contributed by atoms with Crippen molar-refractivity contribution in [2.45, 2.75) is 25.9 Å². The van der Waals surface area contributed by atoms with E-state index < -0.39 is 0 Å². The minimum Gasteiger partial charge on any atom is -0.497 e. The number of ether oxygens (including phenoxy) is 2. The van der Waals surface area contributed by atoms with Crippen LogP contribution in [-0.2, 0) is 22.6 Å². The van der Waals surface area contributed by atoms with Crippen LogP contribution in [0.1, 0.15) is 24.1 Å². The van der Waals surface area contributed by atoms with Gasteiger partial charge < -0.3 is 14.5 Å². The number of carbonyl (C=O) groups excluding carboxylic acids is 1. The summed E-state index contributed by atoms with van der Waals surface area (Å²) >= 11 is 1.53. The van der Waals surface area contributed by atoms with Crippen molar-refractivity contribution < 1.29 is 14.3 Å². The Morgan fingerprint density at radius 1 is 1.17 bits per heavy atom. The largest absolute Gasteiger partial charge is 0.497 e. The number of fused-ring (bicyclic) bond motifs is 1. The molecule has 2 heterocycles. The van der Waals surface area contributed by atoms with Crippen molar-refractivity contribution >= 4 is 28.2 Å². The van der Waals surface area contributed by atoms with Crippen LogP contribution in [0.5, 0.6) is 5.75 Å². The fourth-order valence-corrected chi connectivity index (χ4v) is 4.05. The number of aromatic nitrogens is 2. The molecule has 0 spiro atoms. The first kappa shape index (κ1) is 19.2. The molecule has 4 rings (SSSR count). The van der Waals surface area contributed by atoms with Crippen LogP contribution in [0, 0.1) is 0 Å². The first-order valence-corrected chi connectivity index (χ1v) is 10.4. The number of hydrogen-bond acceptors (Lipinski definition) is 5. The maximum absolute atomic E-state index is 12.1. The van der Waals surface area contributed by atoms with E-state index in [1.807, 2.05) is 48.0 Å². The summed E-state index contributed by atoms with van der Waals surface area (Å²) in [5.41, 5.74) is 4.11. The summed E-state index contributed by atoms with van der Waals surface area (Å²) in [5, 5.41) is 4.02. The number of rotatable bonds is 8. The van der Waals surface area contributed by atoms with Gasteiger partial charge in [0, 0.05) is 34.5 Å². The van der Waals surface area contributed by atoms with Gasteiger partial charge in [0.1, 0.15) is 17.4 Å². The molecule has 6 heteroatoms. The van der Waals surface area contributed by atoms with E-state index >= 15 is 0 Å². The van der Waals surface area contributed by atoms with Gasteiger partial charge in [0.05, 0.1) is 12.8 Å². The quantitative estimate of drug-likeness (QED) is 0.400. The molecule has 148 valence electrons. The highest BCUT2D eigenvalue weighted by atomic mass is 32.1. The lowest BCUT2D eigenvalue weighted by molar-refractivity contribution is -0.145. The lowest BCUT2D eigenvalue weighted by atomic mass is 10.1. The van der Waals surface area contributed by atoms with Gasteiger partial charge in [-0.05, 0) is 36.6 Å². The molecule has 0 fully saturated rings. The molecule has 0 saturated heterocycles. The van der Waals surface area contributed by atoms with E-state index in [0.717, 1.165) is 40.4 Å². The lowest BCUT2D eigenvalue weighted by Gasteiger charge is -2.03. The van der Waals surface area contributed by atoms with E-state index in [4.69, 9.17) is 9.47 Å². The first-order chi connectivity index (χ1) is 14.2. The molecule has 0 unspecified atom stereocenters. The summed E-state index contributed by atoms with van der Waals surface area (Å²) in [6, 6.07) is 16.0. The second-order valence-electron chi connectivity index (χ2n) is 6.75. The number of benzene rings is 2. The summed E-state index contributed by atoms with van der Waals surface area (Å²) < 4.78 is 10.7. The summed E-state index contributed by atoms with van der Waals surface area (Å²) in [4.78, 5) is 19.9. The third kappa shape index (κ3) is 4.66. The number of esters is 1. The third-order valence-electron chi connectivity index (χ3n) is 4.75. The smallest absolute Gasteiger partial charge is 0.306 e. The van der Waals surface area contributed by atoms with Crippen molar-refractivity contribution in [1.29, 1.82) is 0 Å². The Morgan fingerprint density at radius 2 is 2.07 bits per heavy atom. The normalized spacial score (nSPS) is 10.9. The van der Waals surface area contributed by atoms with E-state index in [9.17, 15) is 4.79 Å².